The molecule has 0 bridgehead atoms. The first kappa shape index (κ1) is 18.3. The number of halogens is 1. The molecule has 2 aromatic carbocycles. The first-order chi connectivity index (χ1) is 11.9. The van der Waals surface area contributed by atoms with Crippen molar-refractivity contribution < 1.29 is 23.9 Å². The molecule has 0 radical (unpaired) electrons. The number of carbonyl (C=O) groups is 1. The van der Waals surface area contributed by atoms with E-state index in [0.717, 1.165) is 6.07 Å². The molecule has 1 amide bonds. The van der Waals surface area contributed by atoms with Crippen molar-refractivity contribution >= 4 is 28.9 Å². The first-order valence-electron chi connectivity index (χ1n) is 6.96. The maximum atomic E-state index is 12.4. The fourth-order valence-corrected chi connectivity index (χ4v) is 2.32. The van der Waals surface area contributed by atoms with Gasteiger partial charge in [0.25, 0.3) is 5.91 Å². The highest BCUT2D eigenvalue weighted by molar-refractivity contribution is 6.34. The number of amides is 1. The van der Waals surface area contributed by atoms with E-state index in [-0.39, 0.29) is 27.7 Å². The third-order valence-corrected chi connectivity index (χ3v) is 3.67. The Morgan fingerprint density at radius 1 is 1.04 bits per heavy atom. The van der Waals surface area contributed by atoms with Gasteiger partial charge in [0.2, 0.25) is 0 Å². The first-order valence-corrected chi connectivity index (χ1v) is 7.34. The van der Waals surface area contributed by atoms with Crippen LogP contribution < -0.4 is 19.5 Å². The zero-order chi connectivity index (χ0) is 18.6. The molecule has 0 saturated heterocycles. The molecule has 2 rings (SSSR count). The molecule has 25 heavy (non-hydrogen) atoms. The number of hydrogen-bond donors (Lipinski definition) is 1. The molecule has 0 aromatic heterocycles. The number of nitro groups is 1. The Labute approximate surface area is 148 Å². The van der Waals surface area contributed by atoms with Gasteiger partial charge in [-0.25, -0.2) is 0 Å². The maximum Gasteiger partial charge on any atom is 0.311 e. The maximum absolute atomic E-state index is 12.4. The molecule has 8 nitrogen and oxygen atoms in total. The van der Waals surface area contributed by atoms with Crippen LogP contribution in [0.25, 0.3) is 0 Å². The van der Waals surface area contributed by atoms with E-state index in [1.54, 1.807) is 0 Å². The number of nitrogens with one attached hydrogen (secondary N) is 1. The van der Waals surface area contributed by atoms with Gasteiger partial charge in [0.05, 0.1) is 37.0 Å². The summed E-state index contributed by atoms with van der Waals surface area (Å²) >= 11 is 6.12. The van der Waals surface area contributed by atoms with Gasteiger partial charge < -0.3 is 19.5 Å². The van der Waals surface area contributed by atoms with Crippen LogP contribution in [0.15, 0.2) is 30.3 Å². The minimum atomic E-state index is -0.626. The van der Waals surface area contributed by atoms with Crippen LogP contribution in [0.3, 0.4) is 0 Å². The molecule has 0 spiro atoms. The second-order valence-electron chi connectivity index (χ2n) is 4.78. The molecule has 0 fully saturated rings. The van der Waals surface area contributed by atoms with Gasteiger partial charge in [0.1, 0.15) is 0 Å². The lowest BCUT2D eigenvalue weighted by Crippen LogP contribution is -2.13. The summed E-state index contributed by atoms with van der Waals surface area (Å²) < 4.78 is 15.2. The van der Waals surface area contributed by atoms with E-state index >= 15 is 0 Å². The summed E-state index contributed by atoms with van der Waals surface area (Å²) in [5, 5.41) is 13.9. The lowest BCUT2D eigenvalue weighted by atomic mass is 10.1. The molecular weight excluding hydrogens is 352 g/mol. The van der Waals surface area contributed by atoms with Gasteiger partial charge >= 0.3 is 5.69 Å². The molecule has 1 N–H and O–H groups in total. The number of nitro benzene ring substituents is 1. The molecule has 9 heteroatoms. The summed E-state index contributed by atoms with van der Waals surface area (Å²) in [6, 6.07) is 6.88. The molecule has 0 heterocycles. The SMILES string of the molecule is COc1cc(Cl)c(NC(=O)c2ccc(OC)c([N+](=O)[O-])c2)cc1OC. The summed E-state index contributed by atoms with van der Waals surface area (Å²) in [6.45, 7) is 0. The average molecular weight is 367 g/mol. The molecule has 0 aliphatic rings. The van der Waals surface area contributed by atoms with Crippen LogP contribution >= 0.6 is 11.6 Å². The lowest BCUT2D eigenvalue weighted by Gasteiger charge is -2.13. The fourth-order valence-electron chi connectivity index (χ4n) is 2.12. The van der Waals surface area contributed by atoms with Crippen molar-refractivity contribution in [3.05, 3.63) is 51.0 Å². The molecule has 0 saturated carbocycles. The Bertz CT molecular complexity index is 825. The minimum absolute atomic E-state index is 0.0608. The van der Waals surface area contributed by atoms with E-state index in [2.05, 4.69) is 5.32 Å². The van der Waals surface area contributed by atoms with E-state index in [9.17, 15) is 14.9 Å². The van der Waals surface area contributed by atoms with Crippen molar-refractivity contribution in [1.29, 1.82) is 0 Å². The van der Waals surface area contributed by atoms with E-state index in [1.807, 2.05) is 0 Å². The molecule has 0 unspecified atom stereocenters. The van der Waals surface area contributed by atoms with E-state index < -0.39 is 10.8 Å². The Morgan fingerprint density at radius 3 is 2.20 bits per heavy atom. The van der Waals surface area contributed by atoms with Crippen LogP contribution in [0, 0.1) is 10.1 Å². The van der Waals surface area contributed by atoms with Gasteiger partial charge in [-0.2, -0.15) is 0 Å². The Balaban J connectivity index is 2.34. The highest BCUT2D eigenvalue weighted by Gasteiger charge is 2.19. The second-order valence-corrected chi connectivity index (χ2v) is 5.19. The Kier molecular flexibility index (Phi) is 5.66. The van der Waals surface area contributed by atoms with Crippen LogP contribution in [-0.4, -0.2) is 32.2 Å². The quantitative estimate of drug-likeness (QED) is 0.620. The van der Waals surface area contributed by atoms with Gasteiger partial charge in [-0.15, -0.1) is 0 Å². The predicted octanol–water partition coefficient (Wildman–Crippen LogP) is 3.53. The summed E-state index contributed by atoms with van der Waals surface area (Å²) in [6.07, 6.45) is 0. The summed E-state index contributed by atoms with van der Waals surface area (Å²) in [5.74, 6) is 0.277. The van der Waals surface area contributed by atoms with E-state index in [4.69, 9.17) is 25.8 Å². The van der Waals surface area contributed by atoms with Crippen molar-refractivity contribution in [3.63, 3.8) is 0 Å². The van der Waals surface area contributed by atoms with Crippen LogP contribution in [0.4, 0.5) is 11.4 Å². The number of carbonyl (C=O) groups excluding carboxylic acids is 1. The number of rotatable bonds is 6. The summed E-state index contributed by atoms with van der Waals surface area (Å²) in [5.41, 5.74) is 0.0506. The topological polar surface area (TPSA) is 99.9 Å². The van der Waals surface area contributed by atoms with Gasteiger partial charge in [0.15, 0.2) is 17.2 Å². The third-order valence-electron chi connectivity index (χ3n) is 3.36. The van der Waals surface area contributed by atoms with Gasteiger partial charge in [0, 0.05) is 23.8 Å². The number of methoxy groups -OCH3 is 3. The second kappa shape index (κ2) is 7.71. The van der Waals surface area contributed by atoms with Crippen LogP contribution in [0.2, 0.25) is 5.02 Å². The molecule has 132 valence electrons. The monoisotopic (exact) mass is 366 g/mol. The minimum Gasteiger partial charge on any atom is -0.493 e. The zero-order valence-corrected chi connectivity index (χ0v) is 14.4. The Morgan fingerprint density at radius 2 is 1.64 bits per heavy atom. The van der Waals surface area contributed by atoms with E-state index in [0.29, 0.717) is 11.5 Å². The van der Waals surface area contributed by atoms with Crippen molar-refractivity contribution in [1.82, 2.24) is 0 Å². The molecule has 2 aromatic rings. The van der Waals surface area contributed by atoms with Gasteiger partial charge in [-0.05, 0) is 12.1 Å². The number of anilines is 1. The van der Waals surface area contributed by atoms with Crippen molar-refractivity contribution in [2.24, 2.45) is 0 Å². The summed E-state index contributed by atoms with van der Waals surface area (Å²) in [7, 11) is 4.22. The lowest BCUT2D eigenvalue weighted by molar-refractivity contribution is -0.385. The molecule has 0 atom stereocenters. The van der Waals surface area contributed by atoms with Crippen molar-refractivity contribution in [2.75, 3.05) is 26.6 Å². The molecular formula is C16H15ClN2O6. The van der Waals surface area contributed by atoms with Gasteiger partial charge in [-0.3, -0.25) is 14.9 Å². The van der Waals surface area contributed by atoms with Crippen molar-refractivity contribution in [3.8, 4) is 17.2 Å². The van der Waals surface area contributed by atoms with Crippen LogP contribution in [0.1, 0.15) is 10.4 Å². The zero-order valence-electron chi connectivity index (χ0n) is 13.7. The van der Waals surface area contributed by atoms with Crippen molar-refractivity contribution in [2.45, 2.75) is 0 Å². The molecule has 0 aliphatic carbocycles. The van der Waals surface area contributed by atoms with Gasteiger partial charge in [-0.1, -0.05) is 11.6 Å². The number of benzene rings is 2. The Hall–Kier alpha value is -3.00. The standard InChI is InChI=1S/C16H15ClN2O6/c1-23-13-5-4-9(6-12(13)19(21)22)16(20)18-11-8-15(25-3)14(24-2)7-10(11)17/h4-8H,1-3H3,(H,18,20). The smallest absolute Gasteiger partial charge is 0.311 e. The predicted molar refractivity (Wildman–Crippen MR) is 92.2 cm³/mol. The summed E-state index contributed by atoms with van der Waals surface area (Å²) in [4.78, 5) is 22.8. The third kappa shape index (κ3) is 3.92. The average Bonchev–Trinajstić information content (AvgIpc) is 2.62. The number of ether oxygens (including phenoxy) is 3. The fraction of sp³-hybridized carbons (Fsp3) is 0.188. The number of hydrogen-bond acceptors (Lipinski definition) is 6. The number of nitrogens with zero attached hydrogens (tertiary/aromatic N) is 1. The highest BCUT2D eigenvalue weighted by Crippen LogP contribution is 2.36. The highest BCUT2D eigenvalue weighted by atomic mass is 35.5. The normalized spacial score (nSPS) is 10.1. The van der Waals surface area contributed by atoms with Crippen LogP contribution in [-0.2, 0) is 0 Å². The largest absolute Gasteiger partial charge is 0.493 e. The molecule has 0 aliphatic heterocycles. The van der Waals surface area contributed by atoms with E-state index in [1.165, 1.54) is 45.6 Å². The van der Waals surface area contributed by atoms with Crippen LogP contribution in [0.5, 0.6) is 17.2 Å².